The second-order valence-corrected chi connectivity index (χ2v) is 7.16. The molecule has 4 nitrogen and oxygen atoms in total. The average Bonchev–Trinajstić information content (AvgIpc) is 2.40. The van der Waals surface area contributed by atoms with Crippen molar-refractivity contribution in [1.82, 2.24) is 15.1 Å². The molecular weight excluding hydrogens is 258 g/mol. The Hall–Kier alpha value is -0.260. The molecule has 110 valence electrons. The van der Waals surface area contributed by atoms with Crippen LogP contribution in [0.5, 0.6) is 0 Å². The molecule has 0 saturated carbocycles. The number of carbonyl (C=O) groups excluding carboxylic acids is 1. The van der Waals surface area contributed by atoms with Crippen molar-refractivity contribution < 1.29 is 4.79 Å². The minimum absolute atomic E-state index is 0.337. The highest BCUT2D eigenvalue weighted by Gasteiger charge is 2.24. The summed E-state index contributed by atoms with van der Waals surface area (Å²) in [6, 6.07) is 0.389. The molecule has 1 N–H and O–H groups in total. The third-order valence-electron chi connectivity index (χ3n) is 3.77. The zero-order valence-electron chi connectivity index (χ0n) is 12.2. The van der Waals surface area contributed by atoms with Gasteiger partial charge in [0.25, 0.3) is 0 Å². The SMILES string of the molecule is CC(C)CN1CCN(C(=O)CC2CSCCN2)CC1. The lowest BCUT2D eigenvalue weighted by Crippen LogP contribution is -2.51. The van der Waals surface area contributed by atoms with Gasteiger partial charge in [-0.3, -0.25) is 9.69 Å². The summed E-state index contributed by atoms with van der Waals surface area (Å²) < 4.78 is 0. The van der Waals surface area contributed by atoms with Gasteiger partial charge in [0.1, 0.15) is 0 Å². The van der Waals surface area contributed by atoms with Crippen LogP contribution in [0.2, 0.25) is 0 Å². The molecular formula is C14H27N3OS. The fraction of sp³-hybridized carbons (Fsp3) is 0.929. The van der Waals surface area contributed by atoms with Gasteiger partial charge in [-0.25, -0.2) is 0 Å². The van der Waals surface area contributed by atoms with Crippen molar-refractivity contribution in [1.29, 1.82) is 0 Å². The molecule has 2 aliphatic rings. The minimum Gasteiger partial charge on any atom is -0.340 e. The first-order valence-corrected chi connectivity index (χ1v) is 8.62. The topological polar surface area (TPSA) is 35.6 Å². The highest BCUT2D eigenvalue weighted by Crippen LogP contribution is 2.13. The molecule has 0 aromatic carbocycles. The van der Waals surface area contributed by atoms with Crippen LogP contribution in [-0.4, -0.2) is 72.5 Å². The predicted molar refractivity (Wildman–Crippen MR) is 81.6 cm³/mol. The average molecular weight is 285 g/mol. The molecule has 5 heteroatoms. The van der Waals surface area contributed by atoms with Crippen molar-refractivity contribution in [2.24, 2.45) is 5.92 Å². The number of nitrogens with zero attached hydrogens (tertiary/aromatic N) is 2. The molecule has 0 aliphatic carbocycles. The maximum atomic E-state index is 12.3. The van der Waals surface area contributed by atoms with Crippen molar-refractivity contribution in [2.75, 3.05) is 50.8 Å². The van der Waals surface area contributed by atoms with Gasteiger partial charge in [-0.15, -0.1) is 0 Å². The number of hydrogen-bond acceptors (Lipinski definition) is 4. The Labute approximate surface area is 121 Å². The van der Waals surface area contributed by atoms with Gasteiger partial charge in [0, 0.05) is 63.2 Å². The van der Waals surface area contributed by atoms with Gasteiger partial charge in [-0.1, -0.05) is 13.8 Å². The Bertz CT molecular complexity index is 284. The number of nitrogens with one attached hydrogen (secondary N) is 1. The lowest BCUT2D eigenvalue weighted by Gasteiger charge is -2.36. The van der Waals surface area contributed by atoms with E-state index < -0.39 is 0 Å². The molecule has 0 aromatic heterocycles. The number of hydrogen-bond donors (Lipinski definition) is 1. The lowest BCUT2D eigenvalue weighted by molar-refractivity contribution is -0.133. The zero-order valence-corrected chi connectivity index (χ0v) is 13.0. The van der Waals surface area contributed by atoms with E-state index in [9.17, 15) is 4.79 Å². The molecule has 19 heavy (non-hydrogen) atoms. The molecule has 0 bridgehead atoms. The molecule has 0 spiro atoms. The van der Waals surface area contributed by atoms with Gasteiger partial charge in [0.15, 0.2) is 0 Å². The molecule has 2 rings (SSSR count). The van der Waals surface area contributed by atoms with Gasteiger partial charge < -0.3 is 10.2 Å². The monoisotopic (exact) mass is 285 g/mol. The van der Waals surface area contributed by atoms with Crippen molar-refractivity contribution >= 4 is 17.7 Å². The first-order valence-electron chi connectivity index (χ1n) is 7.46. The first kappa shape index (κ1) is 15.1. The molecule has 1 unspecified atom stereocenters. The third-order valence-corrected chi connectivity index (χ3v) is 4.90. The van der Waals surface area contributed by atoms with Crippen LogP contribution >= 0.6 is 11.8 Å². The second-order valence-electron chi connectivity index (χ2n) is 6.01. The number of carbonyl (C=O) groups is 1. The molecule has 1 amide bonds. The Morgan fingerprint density at radius 3 is 2.63 bits per heavy atom. The Kier molecular flexibility index (Phi) is 5.98. The van der Waals surface area contributed by atoms with Gasteiger partial charge in [-0.2, -0.15) is 11.8 Å². The maximum absolute atomic E-state index is 12.3. The highest BCUT2D eigenvalue weighted by molar-refractivity contribution is 7.99. The largest absolute Gasteiger partial charge is 0.340 e. The second kappa shape index (κ2) is 7.50. The first-order chi connectivity index (χ1) is 9.15. The molecule has 2 fully saturated rings. The van der Waals surface area contributed by atoms with E-state index in [1.165, 1.54) is 5.75 Å². The van der Waals surface area contributed by atoms with Crippen molar-refractivity contribution in [3.05, 3.63) is 0 Å². The molecule has 0 radical (unpaired) electrons. The van der Waals surface area contributed by atoms with E-state index in [-0.39, 0.29) is 0 Å². The summed E-state index contributed by atoms with van der Waals surface area (Å²) in [4.78, 5) is 16.8. The van der Waals surface area contributed by atoms with E-state index in [1.54, 1.807) is 0 Å². The molecule has 1 atom stereocenters. The van der Waals surface area contributed by atoms with Crippen molar-refractivity contribution in [3.63, 3.8) is 0 Å². The maximum Gasteiger partial charge on any atom is 0.224 e. The minimum atomic E-state index is 0.337. The predicted octanol–water partition coefficient (Wildman–Crippen LogP) is 0.882. The summed E-state index contributed by atoms with van der Waals surface area (Å²) in [7, 11) is 0. The van der Waals surface area contributed by atoms with Crippen LogP contribution in [0.25, 0.3) is 0 Å². The van der Waals surface area contributed by atoms with Crippen LogP contribution < -0.4 is 5.32 Å². The standard InChI is InChI=1S/C14H27N3OS/c1-12(2)10-16-4-6-17(7-5-16)14(18)9-13-11-19-8-3-15-13/h12-13,15H,3-11H2,1-2H3. The summed E-state index contributed by atoms with van der Waals surface area (Å²) in [6.07, 6.45) is 0.678. The van der Waals surface area contributed by atoms with E-state index in [0.29, 0.717) is 24.3 Å². The summed E-state index contributed by atoms with van der Waals surface area (Å²) >= 11 is 1.96. The number of amides is 1. The Morgan fingerprint density at radius 1 is 1.32 bits per heavy atom. The summed E-state index contributed by atoms with van der Waals surface area (Å²) in [5, 5.41) is 3.45. The lowest BCUT2D eigenvalue weighted by atomic mass is 10.1. The van der Waals surface area contributed by atoms with E-state index in [0.717, 1.165) is 45.0 Å². The van der Waals surface area contributed by atoms with Crippen LogP contribution in [0.1, 0.15) is 20.3 Å². The highest BCUT2D eigenvalue weighted by atomic mass is 32.2. The van der Waals surface area contributed by atoms with E-state index >= 15 is 0 Å². The van der Waals surface area contributed by atoms with Gasteiger partial charge in [0.2, 0.25) is 5.91 Å². The van der Waals surface area contributed by atoms with Crippen LogP contribution in [0.4, 0.5) is 0 Å². The summed E-state index contributed by atoms with van der Waals surface area (Å²) in [5.41, 5.74) is 0. The van der Waals surface area contributed by atoms with E-state index in [1.807, 2.05) is 11.8 Å². The number of piperazine rings is 1. The third kappa shape index (κ3) is 4.97. The summed E-state index contributed by atoms with van der Waals surface area (Å²) in [6.45, 7) is 10.6. The van der Waals surface area contributed by atoms with E-state index in [2.05, 4.69) is 29.0 Å². The fourth-order valence-electron chi connectivity index (χ4n) is 2.79. The van der Waals surface area contributed by atoms with Crippen LogP contribution in [0.15, 0.2) is 0 Å². The molecule has 2 saturated heterocycles. The smallest absolute Gasteiger partial charge is 0.224 e. The zero-order chi connectivity index (χ0) is 13.7. The van der Waals surface area contributed by atoms with Gasteiger partial charge in [-0.05, 0) is 5.92 Å². The quantitative estimate of drug-likeness (QED) is 0.832. The normalized spacial score (nSPS) is 25.8. The van der Waals surface area contributed by atoms with Crippen LogP contribution in [0.3, 0.4) is 0 Å². The van der Waals surface area contributed by atoms with E-state index in [4.69, 9.17) is 0 Å². The Morgan fingerprint density at radius 2 is 2.05 bits per heavy atom. The van der Waals surface area contributed by atoms with Crippen molar-refractivity contribution in [3.8, 4) is 0 Å². The molecule has 2 heterocycles. The molecule has 2 aliphatic heterocycles. The summed E-state index contributed by atoms with van der Waals surface area (Å²) in [5.74, 6) is 3.31. The van der Waals surface area contributed by atoms with Gasteiger partial charge >= 0.3 is 0 Å². The number of rotatable bonds is 4. The number of thioether (sulfide) groups is 1. The Balaban J connectivity index is 1.69. The van der Waals surface area contributed by atoms with Crippen LogP contribution in [-0.2, 0) is 4.79 Å². The van der Waals surface area contributed by atoms with Gasteiger partial charge in [0.05, 0.1) is 0 Å². The molecule has 0 aromatic rings. The van der Waals surface area contributed by atoms with Crippen LogP contribution in [0, 0.1) is 5.92 Å². The van der Waals surface area contributed by atoms with Crippen molar-refractivity contribution in [2.45, 2.75) is 26.3 Å². The fourth-order valence-corrected chi connectivity index (χ4v) is 3.74.